The molecule has 3 rings (SSSR count). The van der Waals surface area contributed by atoms with E-state index in [9.17, 15) is 0 Å². The molecule has 4 heteroatoms. The van der Waals surface area contributed by atoms with Gasteiger partial charge in [0.05, 0.1) is 13.7 Å². The van der Waals surface area contributed by atoms with Crippen molar-refractivity contribution >= 4 is 11.4 Å². The van der Waals surface area contributed by atoms with Crippen LogP contribution in [0.2, 0.25) is 0 Å². The van der Waals surface area contributed by atoms with Gasteiger partial charge in [0.15, 0.2) is 0 Å². The summed E-state index contributed by atoms with van der Waals surface area (Å²) in [5.74, 6) is 1.71. The first-order valence-corrected chi connectivity index (χ1v) is 5.90. The number of nitrogens with zero attached hydrogens (tertiary/aromatic N) is 2. The van der Waals surface area contributed by atoms with Crippen molar-refractivity contribution in [1.29, 1.82) is 0 Å². The normalized spacial score (nSPS) is 17.3. The molecule has 17 heavy (non-hydrogen) atoms. The number of hydrogen-bond acceptors (Lipinski definition) is 4. The molecule has 1 fully saturated rings. The number of ether oxygens (including phenoxy) is 2. The van der Waals surface area contributed by atoms with Crippen LogP contribution in [-0.2, 0) is 4.74 Å². The molecule has 90 valence electrons. The van der Waals surface area contributed by atoms with Crippen LogP contribution >= 0.6 is 0 Å². The van der Waals surface area contributed by atoms with Crippen LogP contribution < -0.4 is 9.64 Å². The minimum absolute atomic E-state index is 0.702. The number of anilines is 1. The minimum atomic E-state index is 0.702. The fourth-order valence-electron chi connectivity index (χ4n) is 2.11. The Hall–Kier alpha value is -1.71. The molecule has 1 aromatic heterocycles. The topological polar surface area (TPSA) is 34.6 Å². The summed E-state index contributed by atoms with van der Waals surface area (Å²) in [5.41, 5.74) is 3.48. The van der Waals surface area contributed by atoms with Gasteiger partial charge < -0.3 is 14.4 Å². The molecule has 2 heterocycles. The first-order chi connectivity index (χ1) is 8.29. The predicted molar refractivity (Wildman–Crippen MR) is 66.2 cm³/mol. The summed E-state index contributed by atoms with van der Waals surface area (Å²) in [7, 11) is 3.78. The van der Waals surface area contributed by atoms with E-state index < -0.39 is 0 Å². The molecule has 1 aliphatic heterocycles. The average molecular weight is 232 g/mol. The summed E-state index contributed by atoms with van der Waals surface area (Å²) in [5, 5.41) is 0. The smallest absolute Gasteiger partial charge is 0.237 e. The lowest BCUT2D eigenvalue weighted by molar-refractivity contribution is 0.298. The molecule has 1 aliphatic carbocycles. The number of hydrogen-bond donors (Lipinski definition) is 0. The van der Waals surface area contributed by atoms with Gasteiger partial charge in [-0.25, -0.2) is 4.98 Å². The maximum Gasteiger partial charge on any atom is 0.237 e. The molecule has 0 unspecified atom stereocenters. The van der Waals surface area contributed by atoms with E-state index in [4.69, 9.17) is 9.47 Å². The van der Waals surface area contributed by atoms with Gasteiger partial charge in [0, 0.05) is 18.8 Å². The van der Waals surface area contributed by atoms with Gasteiger partial charge in [-0.1, -0.05) is 0 Å². The third-order valence-electron chi connectivity index (χ3n) is 3.20. The van der Waals surface area contributed by atoms with E-state index in [1.807, 2.05) is 6.20 Å². The highest BCUT2D eigenvalue weighted by Gasteiger charge is 2.23. The summed E-state index contributed by atoms with van der Waals surface area (Å²) in [6.45, 7) is 1.60. The fraction of sp³-hybridized carbons (Fsp3) is 0.462. The lowest BCUT2D eigenvalue weighted by atomic mass is 10.2. The highest BCUT2D eigenvalue weighted by Crippen LogP contribution is 2.38. The Balaban J connectivity index is 2.02. The van der Waals surface area contributed by atoms with E-state index in [0.717, 1.165) is 42.3 Å². The van der Waals surface area contributed by atoms with Crippen molar-refractivity contribution in [3.8, 4) is 5.88 Å². The molecule has 0 bridgehead atoms. The van der Waals surface area contributed by atoms with Gasteiger partial charge >= 0.3 is 0 Å². The van der Waals surface area contributed by atoms with E-state index in [-0.39, 0.29) is 0 Å². The molecular weight excluding hydrogens is 216 g/mol. The predicted octanol–water partition coefficient (Wildman–Crippen LogP) is 2.06. The van der Waals surface area contributed by atoms with Crippen LogP contribution in [0.4, 0.5) is 5.69 Å². The van der Waals surface area contributed by atoms with Crippen molar-refractivity contribution in [2.45, 2.75) is 12.8 Å². The SMILES string of the molecule is COC(=C1CC1)c1cnc2c(c1)N(C)CCO2. The second-order valence-corrected chi connectivity index (χ2v) is 4.46. The van der Waals surface area contributed by atoms with Crippen molar-refractivity contribution in [2.75, 3.05) is 32.2 Å². The van der Waals surface area contributed by atoms with Crippen LogP contribution in [0.25, 0.3) is 5.76 Å². The monoisotopic (exact) mass is 232 g/mol. The number of aromatic nitrogens is 1. The average Bonchev–Trinajstić information content (AvgIpc) is 3.16. The van der Waals surface area contributed by atoms with Crippen LogP contribution in [0.15, 0.2) is 17.8 Å². The number of methoxy groups -OCH3 is 1. The maximum atomic E-state index is 5.53. The Bertz CT molecular complexity index is 476. The van der Waals surface area contributed by atoms with E-state index in [1.54, 1.807) is 7.11 Å². The van der Waals surface area contributed by atoms with Crippen molar-refractivity contribution in [1.82, 2.24) is 4.98 Å². The van der Waals surface area contributed by atoms with Gasteiger partial charge in [-0.15, -0.1) is 0 Å². The molecule has 4 nitrogen and oxygen atoms in total. The molecule has 0 amide bonds. The molecule has 1 aromatic rings. The molecule has 2 aliphatic rings. The maximum absolute atomic E-state index is 5.53. The lowest BCUT2D eigenvalue weighted by Crippen LogP contribution is -2.29. The zero-order chi connectivity index (χ0) is 11.8. The minimum Gasteiger partial charge on any atom is -0.496 e. The summed E-state index contributed by atoms with van der Waals surface area (Å²) in [6.07, 6.45) is 4.13. The first-order valence-electron chi connectivity index (χ1n) is 5.90. The fourth-order valence-corrected chi connectivity index (χ4v) is 2.11. The highest BCUT2D eigenvalue weighted by molar-refractivity contribution is 5.70. The molecule has 0 radical (unpaired) electrons. The van der Waals surface area contributed by atoms with Crippen LogP contribution in [0.5, 0.6) is 5.88 Å². The third kappa shape index (κ3) is 1.84. The van der Waals surface area contributed by atoms with Gasteiger partial charge in [-0.05, 0) is 24.5 Å². The van der Waals surface area contributed by atoms with Crippen LogP contribution in [0.1, 0.15) is 18.4 Å². The second kappa shape index (κ2) is 3.95. The molecule has 0 aromatic carbocycles. The Morgan fingerprint density at radius 1 is 1.47 bits per heavy atom. The molecule has 0 atom stereocenters. The Labute approximate surface area is 101 Å². The van der Waals surface area contributed by atoms with Gasteiger partial charge in [-0.3, -0.25) is 0 Å². The summed E-state index contributed by atoms with van der Waals surface area (Å²) >= 11 is 0. The van der Waals surface area contributed by atoms with E-state index in [1.165, 1.54) is 5.57 Å². The largest absolute Gasteiger partial charge is 0.496 e. The third-order valence-corrected chi connectivity index (χ3v) is 3.20. The molecule has 0 saturated heterocycles. The zero-order valence-electron chi connectivity index (χ0n) is 10.2. The number of allylic oxidation sites excluding steroid dienone is 1. The van der Waals surface area contributed by atoms with Gasteiger partial charge in [0.2, 0.25) is 5.88 Å². The standard InChI is InChI=1S/C13H16N2O2/c1-15-5-6-17-13-11(15)7-10(8-14-13)12(16-2)9-3-4-9/h7-8H,3-6H2,1-2H3. The van der Waals surface area contributed by atoms with Gasteiger partial charge in [0.25, 0.3) is 0 Å². The summed E-state index contributed by atoms with van der Waals surface area (Å²) < 4.78 is 11.0. The second-order valence-electron chi connectivity index (χ2n) is 4.46. The Morgan fingerprint density at radius 2 is 2.29 bits per heavy atom. The van der Waals surface area contributed by atoms with Crippen LogP contribution in [-0.4, -0.2) is 32.3 Å². The van der Waals surface area contributed by atoms with Gasteiger partial charge in [0.1, 0.15) is 18.1 Å². The highest BCUT2D eigenvalue weighted by atomic mass is 16.5. The molecule has 0 N–H and O–H groups in total. The van der Waals surface area contributed by atoms with Gasteiger partial charge in [-0.2, -0.15) is 0 Å². The molecule has 1 saturated carbocycles. The van der Waals surface area contributed by atoms with E-state index in [0.29, 0.717) is 6.61 Å². The quantitative estimate of drug-likeness (QED) is 0.731. The van der Waals surface area contributed by atoms with Crippen LogP contribution in [0.3, 0.4) is 0 Å². The van der Waals surface area contributed by atoms with E-state index >= 15 is 0 Å². The molecular formula is C13H16N2O2. The van der Waals surface area contributed by atoms with Crippen molar-refractivity contribution < 1.29 is 9.47 Å². The van der Waals surface area contributed by atoms with E-state index in [2.05, 4.69) is 23.0 Å². The number of pyridine rings is 1. The van der Waals surface area contributed by atoms with Crippen molar-refractivity contribution in [3.05, 3.63) is 23.4 Å². The Morgan fingerprint density at radius 3 is 3.00 bits per heavy atom. The summed E-state index contributed by atoms with van der Waals surface area (Å²) in [6, 6.07) is 2.10. The van der Waals surface area contributed by atoms with Crippen molar-refractivity contribution in [3.63, 3.8) is 0 Å². The molecule has 0 spiro atoms. The number of rotatable bonds is 2. The zero-order valence-corrected chi connectivity index (χ0v) is 10.2. The van der Waals surface area contributed by atoms with Crippen LogP contribution in [0, 0.1) is 0 Å². The lowest BCUT2D eigenvalue weighted by Gasteiger charge is -2.27. The summed E-state index contributed by atoms with van der Waals surface area (Å²) in [4.78, 5) is 6.54. The Kier molecular flexibility index (Phi) is 2.42. The number of likely N-dealkylation sites (N-methyl/N-ethyl adjacent to an activating group) is 1. The van der Waals surface area contributed by atoms with Crippen molar-refractivity contribution in [2.24, 2.45) is 0 Å². The first kappa shape index (κ1) is 10.4. The number of fused-ring (bicyclic) bond motifs is 1.